The monoisotopic (exact) mass is 256 g/mol. The van der Waals surface area contributed by atoms with Crippen LogP contribution in [-0.4, -0.2) is 18.2 Å². The summed E-state index contributed by atoms with van der Waals surface area (Å²) in [6.45, 7) is 0. The van der Waals surface area contributed by atoms with Crippen molar-refractivity contribution in [2.75, 3.05) is 7.11 Å². The van der Waals surface area contributed by atoms with Crippen molar-refractivity contribution in [3.05, 3.63) is 40.4 Å². The summed E-state index contributed by atoms with van der Waals surface area (Å²) in [6, 6.07) is 6.94. The number of ether oxygens (including phenoxy) is 1. The Morgan fingerprint density at radius 3 is 2.50 bits per heavy atom. The lowest BCUT2D eigenvalue weighted by molar-refractivity contribution is -0.134. The molecule has 0 fully saturated rings. The summed E-state index contributed by atoms with van der Waals surface area (Å²) < 4.78 is 5.29. The van der Waals surface area contributed by atoms with Crippen molar-refractivity contribution in [3.63, 3.8) is 0 Å². The summed E-state index contributed by atoms with van der Waals surface area (Å²) in [5, 5.41) is 9.46. The molecule has 0 saturated carbocycles. The Kier molecular flexibility index (Phi) is 3.71. The zero-order chi connectivity index (χ0) is 10.6. The van der Waals surface area contributed by atoms with E-state index < -0.39 is 5.97 Å². The molecule has 0 unspecified atom stereocenters. The maximum atomic E-state index is 10.8. The summed E-state index contributed by atoms with van der Waals surface area (Å²) in [6.07, 6.45) is 1.03. The second-order valence-electron chi connectivity index (χ2n) is 2.56. The van der Waals surface area contributed by atoms with E-state index in [4.69, 9.17) is 0 Å². The molecule has 1 aromatic rings. The number of halogens is 1. The van der Waals surface area contributed by atoms with E-state index in [2.05, 4.69) is 20.7 Å². The van der Waals surface area contributed by atoms with E-state index in [0.29, 0.717) is 5.56 Å². The van der Waals surface area contributed by atoms with Crippen molar-refractivity contribution >= 4 is 27.7 Å². The maximum Gasteiger partial charge on any atom is 0.334 e. The third kappa shape index (κ3) is 2.88. The van der Waals surface area contributed by atoms with E-state index in [0.717, 1.165) is 10.5 Å². The second kappa shape index (κ2) is 4.81. The minimum absolute atomic E-state index is 0.107. The lowest BCUT2D eigenvalue weighted by Gasteiger charge is -1.99. The van der Waals surface area contributed by atoms with Crippen LogP contribution in [0.1, 0.15) is 5.56 Å². The Balaban J connectivity index is 2.89. The van der Waals surface area contributed by atoms with E-state index >= 15 is 0 Å². The van der Waals surface area contributed by atoms with Crippen LogP contribution >= 0.6 is 15.9 Å². The van der Waals surface area contributed by atoms with E-state index in [9.17, 15) is 9.90 Å². The van der Waals surface area contributed by atoms with Gasteiger partial charge in [0, 0.05) is 10.0 Å². The summed E-state index contributed by atoms with van der Waals surface area (Å²) in [7, 11) is 1.26. The highest BCUT2D eigenvalue weighted by molar-refractivity contribution is 9.10. The molecule has 0 aliphatic carbocycles. The number of aliphatic hydroxyl groups excluding tert-OH is 1. The number of aliphatic hydroxyl groups is 1. The number of esters is 1. The zero-order valence-electron chi connectivity index (χ0n) is 7.53. The van der Waals surface area contributed by atoms with Crippen LogP contribution in [0.3, 0.4) is 0 Å². The Morgan fingerprint density at radius 2 is 2.00 bits per heavy atom. The topological polar surface area (TPSA) is 46.5 Å². The van der Waals surface area contributed by atoms with E-state index in [-0.39, 0.29) is 5.76 Å². The molecular formula is C10H9BrO3. The molecule has 0 spiro atoms. The quantitative estimate of drug-likeness (QED) is 0.503. The molecule has 0 aromatic heterocycles. The second-order valence-corrected chi connectivity index (χ2v) is 3.48. The van der Waals surface area contributed by atoms with Gasteiger partial charge in [-0.25, -0.2) is 4.79 Å². The number of rotatable bonds is 2. The highest BCUT2D eigenvalue weighted by Crippen LogP contribution is 2.15. The van der Waals surface area contributed by atoms with Gasteiger partial charge in [0.2, 0.25) is 0 Å². The molecule has 0 radical (unpaired) electrons. The average molecular weight is 257 g/mol. The molecule has 0 saturated heterocycles. The molecule has 0 aliphatic heterocycles. The van der Waals surface area contributed by atoms with E-state index in [1.54, 1.807) is 24.3 Å². The van der Waals surface area contributed by atoms with Gasteiger partial charge in [0.05, 0.1) is 13.2 Å². The molecule has 14 heavy (non-hydrogen) atoms. The predicted molar refractivity (Wildman–Crippen MR) is 56.8 cm³/mol. The summed E-state index contributed by atoms with van der Waals surface area (Å²) in [5.74, 6) is -0.685. The summed E-state index contributed by atoms with van der Waals surface area (Å²) >= 11 is 3.27. The SMILES string of the molecule is COC(=O)C=C(O)c1ccc(Br)cc1. The van der Waals surface area contributed by atoms with Gasteiger partial charge < -0.3 is 9.84 Å². The smallest absolute Gasteiger partial charge is 0.334 e. The Hall–Kier alpha value is -1.29. The summed E-state index contributed by atoms with van der Waals surface area (Å²) in [5.41, 5.74) is 0.568. The number of hydrogen-bond acceptors (Lipinski definition) is 3. The van der Waals surface area contributed by atoms with Crippen LogP contribution in [0.25, 0.3) is 5.76 Å². The first-order valence-corrected chi connectivity index (χ1v) is 4.67. The molecule has 1 N–H and O–H groups in total. The molecule has 1 aromatic carbocycles. The van der Waals surface area contributed by atoms with Gasteiger partial charge in [0.15, 0.2) is 0 Å². The number of carbonyl (C=O) groups is 1. The molecular weight excluding hydrogens is 248 g/mol. The minimum Gasteiger partial charge on any atom is -0.507 e. The number of carbonyl (C=O) groups excluding carboxylic acids is 1. The molecule has 4 heteroatoms. The van der Waals surface area contributed by atoms with Gasteiger partial charge in [-0.3, -0.25) is 0 Å². The number of hydrogen-bond donors (Lipinski definition) is 1. The number of benzene rings is 1. The maximum absolute atomic E-state index is 10.8. The van der Waals surface area contributed by atoms with Gasteiger partial charge in [-0.1, -0.05) is 28.1 Å². The fourth-order valence-electron chi connectivity index (χ4n) is 0.875. The molecule has 0 bridgehead atoms. The Labute approximate surface area is 90.1 Å². The van der Waals surface area contributed by atoms with Gasteiger partial charge in [-0.2, -0.15) is 0 Å². The van der Waals surface area contributed by atoms with Crippen molar-refractivity contribution in [3.8, 4) is 0 Å². The van der Waals surface area contributed by atoms with E-state index in [1.165, 1.54) is 7.11 Å². The molecule has 3 nitrogen and oxygen atoms in total. The average Bonchev–Trinajstić information content (AvgIpc) is 2.18. The van der Waals surface area contributed by atoms with Crippen molar-refractivity contribution < 1.29 is 14.6 Å². The van der Waals surface area contributed by atoms with Crippen molar-refractivity contribution in [1.29, 1.82) is 0 Å². The zero-order valence-corrected chi connectivity index (χ0v) is 9.11. The summed E-state index contributed by atoms with van der Waals surface area (Å²) in [4.78, 5) is 10.8. The van der Waals surface area contributed by atoms with Crippen LogP contribution in [0, 0.1) is 0 Å². The van der Waals surface area contributed by atoms with Crippen LogP contribution in [-0.2, 0) is 9.53 Å². The standard InChI is InChI=1S/C10H9BrO3/c1-14-10(13)6-9(12)7-2-4-8(11)5-3-7/h2-6,12H,1H3. The van der Waals surface area contributed by atoms with Crippen LogP contribution in [0.5, 0.6) is 0 Å². The fourth-order valence-corrected chi connectivity index (χ4v) is 1.14. The van der Waals surface area contributed by atoms with Gasteiger partial charge in [0.1, 0.15) is 5.76 Å². The molecule has 0 amide bonds. The minimum atomic E-state index is -0.578. The number of methoxy groups -OCH3 is 1. The lowest BCUT2D eigenvalue weighted by Crippen LogP contribution is -1.96. The first-order chi connectivity index (χ1) is 6.63. The third-order valence-electron chi connectivity index (χ3n) is 1.60. The highest BCUT2D eigenvalue weighted by Gasteiger charge is 2.02. The van der Waals surface area contributed by atoms with Crippen molar-refractivity contribution in [2.24, 2.45) is 0 Å². The van der Waals surface area contributed by atoms with Gasteiger partial charge in [-0.15, -0.1) is 0 Å². The van der Waals surface area contributed by atoms with Gasteiger partial charge in [-0.05, 0) is 12.1 Å². The largest absolute Gasteiger partial charge is 0.507 e. The van der Waals surface area contributed by atoms with E-state index in [1.807, 2.05) is 0 Å². The Morgan fingerprint density at radius 1 is 1.43 bits per heavy atom. The Bertz CT molecular complexity index is 354. The highest BCUT2D eigenvalue weighted by atomic mass is 79.9. The van der Waals surface area contributed by atoms with Gasteiger partial charge >= 0.3 is 5.97 Å². The molecule has 74 valence electrons. The van der Waals surface area contributed by atoms with Crippen LogP contribution < -0.4 is 0 Å². The first kappa shape index (κ1) is 10.8. The normalized spacial score (nSPS) is 11.1. The van der Waals surface area contributed by atoms with Gasteiger partial charge in [0.25, 0.3) is 0 Å². The molecule has 0 heterocycles. The van der Waals surface area contributed by atoms with Crippen LogP contribution in [0.15, 0.2) is 34.8 Å². The fraction of sp³-hybridized carbons (Fsp3) is 0.100. The lowest BCUT2D eigenvalue weighted by atomic mass is 10.2. The molecule has 0 aliphatic rings. The molecule has 1 rings (SSSR count). The van der Waals surface area contributed by atoms with Crippen molar-refractivity contribution in [1.82, 2.24) is 0 Å². The third-order valence-corrected chi connectivity index (χ3v) is 2.12. The predicted octanol–water partition coefficient (Wildman–Crippen LogP) is 2.52. The van der Waals surface area contributed by atoms with Crippen LogP contribution in [0.2, 0.25) is 0 Å². The first-order valence-electron chi connectivity index (χ1n) is 3.88. The van der Waals surface area contributed by atoms with Crippen LogP contribution in [0.4, 0.5) is 0 Å². The van der Waals surface area contributed by atoms with Crippen molar-refractivity contribution in [2.45, 2.75) is 0 Å². The molecule has 0 atom stereocenters.